The SMILES string of the molecule is O=C(O)C=Cc1c[nH]c2c(OCc3ccccc3)cccc12. The van der Waals surface area contributed by atoms with Gasteiger partial charge >= 0.3 is 5.97 Å². The van der Waals surface area contributed by atoms with Crippen LogP contribution in [0.3, 0.4) is 0 Å². The Kier molecular flexibility index (Phi) is 3.92. The number of carbonyl (C=O) groups is 1. The maximum Gasteiger partial charge on any atom is 0.328 e. The van der Waals surface area contributed by atoms with Crippen molar-refractivity contribution in [3.8, 4) is 5.75 Å². The minimum atomic E-state index is -0.967. The molecule has 22 heavy (non-hydrogen) atoms. The summed E-state index contributed by atoms with van der Waals surface area (Å²) in [7, 11) is 0. The van der Waals surface area contributed by atoms with Gasteiger partial charge in [0.15, 0.2) is 0 Å². The van der Waals surface area contributed by atoms with Crippen molar-refractivity contribution in [2.75, 3.05) is 0 Å². The molecule has 2 aromatic carbocycles. The fraction of sp³-hybridized carbons (Fsp3) is 0.0556. The Morgan fingerprint density at radius 2 is 1.95 bits per heavy atom. The molecule has 0 aliphatic carbocycles. The van der Waals surface area contributed by atoms with E-state index in [4.69, 9.17) is 9.84 Å². The van der Waals surface area contributed by atoms with Gasteiger partial charge in [-0.05, 0) is 17.7 Å². The number of hydrogen-bond acceptors (Lipinski definition) is 2. The highest BCUT2D eigenvalue weighted by Gasteiger charge is 2.07. The van der Waals surface area contributed by atoms with E-state index in [0.29, 0.717) is 6.61 Å². The molecule has 0 atom stereocenters. The van der Waals surface area contributed by atoms with Crippen LogP contribution in [0.15, 0.2) is 60.8 Å². The van der Waals surface area contributed by atoms with E-state index in [9.17, 15) is 4.79 Å². The Hall–Kier alpha value is -3.01. The van der Waals surface area contributed by atoms with Crippen LogP contribution in [0.1, 0.15) is 11.1 Å². The standard InChI is InChI=1S/C18H15NO3/c20-17(21)10-9-14-11-19-18-15(14)7-4-8-16(18)22-12-13-5-2-1-3-6-13/h1-11,19H,12H2,(H,20,21). The Morgan fingerprint density at radius 3 is 2.73 bits per heavy atom. The number of carboxylic acids is 1. The van der Waals surface area contributed by atoms with E-state index in [1.165, 1.54) is 0 Å². The number of aromatic amines is 1. The van der Waals surface area contributed by atoms with Gasteiger partial charge in [-0.3, -0.25) is 0 Å². The molecule has 1 heterocycles. The molecule has 0 aliphatic rings. The van der Waals surface area contributed by atoms with E-state index in [1.807, 2.05) is 48.5 Å². The highest BCUT2D eigenvalue weighted by Crippen LogP contribution is 2.28. The second-order valence-electron chi connectivity index (χ2n) is 4.87. The summed E-state index contributed by atoms with van der Waals surface area (Å²) in [6.07, 6.45) is 4.47. The number of rotatable bonds is 5. The van der Waals surface area contributed by atoms with Crippen LogP contribution >= 0.6 is 0 Å². The number of ether oxygens (including phenoxy) is 1. The Morgan fingerprint density at radius 1 is 1.14 bits per heavy atom. The van der Waals surface area contributed by atoms with E-state index in [2.05, 4.69) is 4.98 Å². The molecule has 0 spiro atoms. The topological polar surface area (TPSA) is 62.3 Å². The zero-order valence-electron chi connectivity index (χ0n) is 11.8. The van der Waals surface area contributed by atoms with Crippen LogP contribution in [0.25, 0.3) is 17.0 Å². The molecule has 0 amide bonds. The van der Waals surface area contributed by atoms with E-state index in [0.717, 1.165) is 33.9 Å². The van der Waals surface area contributed by atoms with Gasteiger partial charge in [-0.2, -0.15) is 0 Å². The van der Waals surface area contributed by atoms with E-state index >= 15 is 0 Å². The van der Waals surface area contributed by atoms with Gasteiger partial charge in [-0.25, -0.2) is 4.79 Å². The van der Waals surface area contributed by atoms with Crippen molar-refractivity contribution < 1.29 is 14.6 Å². The molecule has 4 nitrogen and oxygen atoms in total. The number of aliphatic carboxylic acids is 1. The third kappa shape index (κ3) is 3.01. The Balaban J connectivity index is 1.86. The van der Waals surface area contributed by atoms with Crippen molar-refractivity contribution in [1.82, 2.24) is 4.98 Å². The molecule has 110 valence electrons. The predicted octanol–water partition coefficient (Wildman–Crippen LogP) is 3.84. The number of carboxylic acid groups (broad SMARTS) is 1. The molecule has 0 bridgehead atoms. The van der Waals surface area contributed by atoms with Gasteiger partial charge in [-0.15, -0.1) is 0 Å². The van der Waals surface area contributed by atoms with Crippen molar-refractivity contribution in [2.24, 2.45) is 0 Å². The minimum absolute atomic E-state index is 0.485. The smallest absolute Gasteiger partial charge is 0.328 e. The maximum atomic E-state index is 10.6. The molecule has 2 N–H and O–H groups in total. The summed E-state index contributed by atoms with van der Waals surface area (Å²) >= 11 is 0. The molecule has 3 rings (SSSR count). The van der Waals surface area contributed by atoms with Crippen LogP contribution in [0.2, 0.25) is 0 Å². The first-order valence-electron chi connectivity index (χ1n) is 6.92. The predicted molar refractivity (Wildman–Crippen MR) is 85.7 cm³/mol. The molecule has 0 fully saturated rings. The van der Waals surface area contributed by atoms with E-state index in [1.54, 1.807) is 12.3 Å². The lowest BCUT2D eigenvalue weighted by Crippen LogP contribution is -1.95. The molecular formula is C18H15NO3. The lowest BCUT2D eigenvalue weighted by Gasteiger charge is -2.07. The summed E-state index contributed by atoms with van der Waals surface area (Å²) in [6.45, 7) is 0.485. The van der Waals surface area contributed by atoms with Crippen LogP contribution in [-0.4, -0.2) is 16.1 Å². The quantitative estimate of drug-likeness (QED) is 0.702. The lowest BCUT2D eigenvalue weighted by molar-refractivity contribution is -0.131. The molecule has 0 unspecified atom stereocenters. The van der Waals surface area contributed by atoms with Crippen molar-refractivity contribution in [2.45, 2.75) is 6.61 Å². The fourth-order valence-corrected chi connectivity index (χ4v) is 2.30. The van der Waals surface area contributed by atoms with Crippen LogP contribution in [0.4, 0.5) is 0 Å². The zero-order valence-corrected chi connectivity index (χ0v) is 11.8. The van der Waals surface area contributed by atoms with Crippen molar-refractivity contribution in [1.29, 1.82) is 0 Å². The van der Waals surface area contributed by atoms with E-state index in [-0.39, 0.29) is 0 Å². The van der Waals surface area contributed by atoms with Crippen molar-refractivity contribution in [3.05, 3.63) is 71.9 Å². The summed E-state index contributed by atoms with van der Waals surface area (Å²) in [6, 6.07) is 15.7. The molecular weight excluding hydrogens is 278 g/mol. The third-order valence-electron chi connectivity index (χ3n) is 3.35. The van der Waals surface area contributed by atoms with Crippen molar-refractivity contribution >= 4 is 22.9 Å². The number of aromatic nitrogens is 1. The van der Waals surface area contributed by atoms with Gasteiger partial charge in [0.05, 0.1) is 5.52 Å². The van der Waals surface area contributed by atoms with Gasteiger partial charge in [0.1, 0.15) is 12.4 Å². The van der Waals surface area contributed by atoms with E-state index < -0.39 is 5.97 Å². The number of benzene rings is 2. The molecule has 4 heteroatoms. The largest absolute Gasteiger partial charge is 0.487 e. The minimum Gasteiger partial charge on any atom is -0.487 e. The summed E-state index contributed by atoms with van der Waals surface area (Å²) < 4.78 is 5.87. The van der Waals surface area contributed by atoms with Crippen LogP contribution in [-0.2, 0) is 11.4 Å². The van der Waals surface area contributed by atoms with Crippen molar-refractivity contribution in [3.63, 3.8) is 0 Å². The second-order valence-corrected chi connectivity index (χ2v) is 4.87. The normalized spacial score (nSPS) is 11.1. The molecule has 3 aromatic rings. The highest BCUT2D eigenvalue weighted by molar-refractivity contribution is 5.95. The summed E-state index contributed by atoms with van der Waals surface area (Å²) in [5, 5.41) is 9.66. The number of nitrogens with one attached hydrogen (secondary N) is 1. The Labute approximate surface area is 127 Å². The van der Waals surface area contributed by atoms with Crippen LogP contribution in [0, 0.1) is 0 Å². The Bertz CT molecular complexity index is 819. The van der Waals surface area contributed by atoms with Gasteiger partial charge in [0.25, 0.3) is 0 Å². The molecule has 1 aromatic heterocycles. The monoisotopic (exact) mass is 293 g/mol. The molecule has 0 radical (unpaired) electrons. The van der Waals surface area contributed by atoms with Gasteiger partial charge < -0.3 is 14.8 Å². The number of fused-ring (bicyclic) bond motifs is 1. The third-order valence-corrected chi connectivity index (χ3v) is 3.35. The first kappa shape index (κ1) is 13.9. The maximum absolute atomic E-state index is 10.6. The van der Waals surface area contributed by atoms with Crippen LogP contribution < -0.4 is 4.74 Å². The molecule has 0 saturated carbocycles. The van der Waals surface area contributed by atoms with Gasteiger partial charge in [-0.1, -0.05) is 42.5 Å². The average Bonchev–Trinajstić information content (AvgIpc) is 2.95. The average molecular weight is 293 g/mol. The fourth-order valence-electron chi connectivity index (χ4n) is 2.30. The first-order chi connectivity index (χ1) is 10.7. The van der Waals surface area contributed by atoms with Gasteiger partial charge in [0.2, 0.25) is 0 Å². The zero-order chi connectivity index (χ0) is 15.4. The number of H-pyrrole nitrogens is 1. The molecule has 0 saturated heterocycles. The second kappa shape index (κ2) is 6.18. The summed E-state index contributed by atoms with van der Waals surface area (Å²) in [4.78, 5) is 13.8. The van der Waals surface area contributed by atoms with Crippen LogP contribution in [0.5, 0.6) is 5.75 Å². The number of hydrogen-bond donors (Lipinski definition) is 2. The lowest BCUT2D eigenvalue weighted by atomic mass is 10.1. The number of para-hydroxylation sites is 1. The summed E-state index contributed by atoms with van der Waals surface area (Å²) in [5.74, 6) is -0.220. The summed E-state index contributed by atoms with van der Waals surface area (Å²) in [5.41, 5.74) is 2.78. The van der Waals surface area contributed by atoms with Gasteiger partial charge in [0, 0.05) is 23.2 Å². The molecule has 0 aliphatic heterocycles. The highest BCUT2D eigenvalue weighted by atomic mass is 16.5. The first-order valence-corrected chi connectivity index (χ1v) is 6.92.